The summed E-state index contributed by atoms with van der Waals surface area (Å²) in [5, 5.41) is 2.64. The van der Waals surface area contributed by atoms with Crippen molar-refractivity contribution in [2.75, 3.05) is 23.3 Å². The van der Waals surface area contributed by atoms with Gasteiger partial charge >= 0.3 is 6.18 Å². The average Bonchev–Trinajstić information content (AvgIpc) is 2.56. The van der Waals surface area contributed by atoms with Crippen molar-refractivity contribution >= 4 is 17.3 Å². The SMILES string of the molecule is CCN(CC)c1ccc(C(F)(F)F)cc1NC(=O)c1cccc(C)c1. The molecule has 0 spiro atoms. The van der Waals surface area contributed by atoms with Crippen LogP contribution in [0.4, 0.5) is 24.5 Å². The molecule has 25 heavy (non-hydrogen) atoms. The lowest BCUT2D eigenvalue weighted by Crippen LogP contribution is -2.24. The number of anilines is 2. The number of nitrogens with zero attached hydrogens (tertiary/aromatic N) is 1. The molecule has 2 aromatic carbocycles. The minimum atomic E-state index is -4.47. The number of carbonyl (C=O) groups is 1. The van der Waals surface area contributed by atoms with Crippen LogP contribution in [0, 0.1) is 6.92 Å². The van der Waals surface area contributed by atoms with Crippen LogP contribution < -0.4 is 10.2 Å². The molecule has 0 aromatic heterocycles. The van der Waals surface area contributed by atoms with Crippen LogP contribution in [0.2, 0.25) is 0 Å². The van der Waals surface area contributed by atoms with Crippen molar-refractivity contribution in [3.05, 3.63) is 59.2 Å². The minimum absolute atomic E-state index is 0.157. The molecule has 2 rings (SSSR count). The number of carbonyl (C=O) groups excluding carboxylic acids is 1. The van der Waals surface area contributed by atoms with Gasteiger partial charge in [0.15, 0.2) is 0 Å². The standard InChI is InChI=1S/C19H21F3N2O/c1-4-24(5-2)17-10-9-15(19(20,21)22)12-16(17)23-18(25)14-8-6-7-13(3)11-14/h6-12H,4-5H2,1-3H3,(H,23,25). The summed E-state index contributed by atoms with van der Waals surface area (Å²) in [6, 6.07) is 10.3. The number of hydrogen-bond acceptors (Lipinski definition) is 2. The van der Waals surface area contributed by atoms with Gasteiger partial charge < -0.3 is 10.2 Å². The van der Waals surface area contributed by atoms with Gasteiger partial charge in [0.25, 0.3) is 5.91 Å². The van der Waals surface area contributed by atoms with Crippen molar-refractivity contribution in [1.82, 2.24) is 0 Å². The van der Waals surface area contributed by atoms with Crippen LogP contribution in [0.3, 0.4) is 0 Å². The van der Waals surface area contributed by atoms with Crippen LogP contribution in [0.5, 0.6) is 0 Å². The van der Waals surface area contributed by atoms with E-state index >= 15 is 0 Å². The fraction of sp³-hybridized carbons (Fsp3) is 0.316. The predicted octanol–water partition coefficient (Wildman–Crippen LogP) is 5.11. The van der Waals surface area contributed by atoms with Gasteiger partial charge in [-0.15, -0.1) is 0 Å². The molecule has 0 heterocycles. The maximum absolute atomic E-state index is 13.1. The number of nitrogens with one attached hydrogen (secondary N) is 1. The van der Waals surface area contributed by atoms with E-state index in [0.717, 1.165) is 17.7 Å². The van der Waals surface area contributed by atoms with E-state index in [2.05, 4.69) is 5.32 Å². The van der Waals surface area contributed by atoms with E-state index in [0.29, 0.717) is 24.3 Å². The maximum Gasteiger partial charge on any atom is 0.416 e. The lowest BCUT2D eigenvalue weighted by atomic mass is 10.1. The van der Waals surface area contributed by atoms with Crippen molar-refractivity contribution < 1.29 is 18.0 Å². The van der Waals surface area contributed by atoms with Gasteiger partial charge in [0.05, 0.1) is 16.9 Å². The Kier molecular flexibility index (Phi) is 5.72. The number of aryl methyl sites for hydroxylation is 1. The smallest absolute Gasteiger partial charge is 0.370 e. The van der Waals surface area contributed by atoms with Gasteiger partial charge in [-0.25, -0.2) is 0 Å². The van der Waals surface area contributed by atoms with E-state index in [1.165, 1.54) is 6.07 Å². The molecule has 0 radical (unpaired) electrons. The summed E-state index contributed by atoms with van der Waals surface area (Å²) in [4.78, 5) is 14.4. The molecule has 0 fully saturated rings. The van der Waals surface area contributed by atoms with Crippen molar-refractivity contribution in [2.45, 2.75) is 26.9 Å². The van der Waals surface area contributed by atoms with Crippen molar-refractivity contribution in [3.8, 4) is 0 Å². The van der Waals surface area contributed by atoms with Gasteiger partial charge in [0.1, 0.15) is 0 Å². The number of rotatable bonds is 5. The number of benzene rings is 2. The second kappa shape index (κ2) is 7.59. The van der Waals surface area contributed by atoms with Crippen molar-refractivity contribution in [1.29, 1.82) is 0 Å². The third-order valence-electron chi connectivity index (χ3n) is 3.96. The molecule has 0 saturated heterocycles. The molecule has 0 atom stereocenters. The molecule has 134 valence electrons. The Balaban J connectivity index is 2.43. The number of amides is 1. The van der Waals surface area contributed by atoms with Crippen molar-refractivity contribution in [3.63, 3.8) is 0 Å². The molecule has 0 aliphatic rings. The highest BCUT2D eigenvalue weighted by molar-refractivity contribution is 6.06. The normalized spacial score (nSPS) is 11.3. The highest BCUT2D eigenvalue weighted by Gasteiger charge is 2.31. The predicted molar refractivity (Wildman–Crippen MR) is 94.1 cm³/mol. The third-order valence-corrected chi connectivity index (χ3v) is 3.96. The summed E-state index contributed by atoms with van der Waals surface area (Å²) in [5.74, 6) is -0.434. The first kappa shape index (κ1) is 18.8. The Bertz CT molecular complexity index is 753. The molecule has 6 heteroatoms. The van der Waals surface area contributed by atoms with E-state index < -0.39 is 17.6 Å². The molecule has 3 nitrogen and oxygen atoms in total. The lowest BCUT2D eigenvalue weighted by Gasteiger charge is -2.25. The Labute approximate surface area is 145 Å². The molecule has 1 N–H and O–H groups in total. The fourth-order valence-corrected chi connectivity index (χ4v) is 2.63. The van der Waals surface area contributed by atoms with Crippen LogP contribution in [-0.4, -0.2) is 19.0 Å². The summed E-state index contributed by atoms with van der Waals surface area (Å²) >= 11 is 0. The number of halogens is 3. The Morgan fingerprint density at radius 2 is 1.76 bits per heavy atom. The summed E-state index contributed by atoms with van der Waals surface area (Å²) in [6.45, 7) is 6.91. The van der Waals surface area contributed by atoms with Gasteiger partial charge in [-0.2, -0.15) is 13.2 Å². The molecule has 0 aliphatic carbocycles. The Hall–Kier alpha value is -2.50. The lowest BCUT2D eigenvalue weighted by molar-refractivity contribution is -0.137. The summed E-state index contributed by atoms with van der Waals surface area (Å²) in [5.41, 5.74) is 1.25. The third kappa shape index (κ3) is 4.53. The summed E-state index contributed by atoms with van der Waals surface area (Å²) in [7, 11) is 0. The molecule has 0 unspecified atom stereocenters. The zero-order valence-electron chi connectivity index (χ0n) is 14.4. The van der Waals surface area contributed by atoms with Crippen LogP contribution >= 0.6 is 0 Å². The number of alkyl halides is 3. The first-order valence-electron chi connectivity index (χ1n) is 8.10. The summed E-state index contributed by atoms with van der Waals surface area (Å²) in [6.07, 6.45) is -4.47. The average molecular weight is 350 g/mol. The number of hydrogen-bond donors (Lipinski definition) is 1. The minimum Gasteiger partial charge on any atom is -0.370 e. The Morgan fingerprint density at radius 3 is 2.32 bits per heavy atom. The second-order valence-electron chi connectivity index (χ2n) is 5.73. The second-order valence-corrected chi connectivity index (χ2v) is 5.73. The fourth-order valence-electron chi connectivity index (χ4n) is 2.63. The molecule has 1 amide bonds. The monoisotopic (exact) mass is 350 g/mol. The molecule has 0 saturated carbocycles. The molecular weight excluding hydrogens is 329 g/mol. The van der Waals surface area contributed by atoms with Crippen LogP contribution in [0.1, 0.15) is 35.3 Å². The maximum atomic E-state index is 13.1. The zero-order chi connectivity index (χ0) is 18.6. The highest BCUT2D eigenvalue weighted by Crippen LogP contribution is 2.35. The van der Waals surface area contributed by atoms with E-state index in [1.54, 1.807) is 18.2 Å². The van der Waals surface area contributed by atoms with E-state index in [9.17, 15) is 18.0 Å². The molecule has 2 aromatic rings. The first-order valence-corrected chi connectivity index (χ1v) is 8.10. The van der Waals surface area contributed by atoms with Crippen LogP contribution in [0.15, 0.2) is 42.5 Å². The van der Waals surface area contributed by atoms with Crippen LogP contribution in [0.25, 0.3) is 0 Å². The van der Waals surface area contributed by atoms with E-state index in [1.807, 2.05) is 31.7 Å². The topological polar surface area (TPSA) is 32.3 Å². The van der Waals surface area contributed by atoms with Gasteiger partial charge in [0, 0.05) is 18.7 Å². The van der Waals surface area contributed by atoms with Crippen LogP contribution in [-0.2, 0) is 6.18 Å². The molecule has 0 bridgehead atoms. The van der Waals surface area contributed by atoms with Gasteiger partial charge in [-0.05, 0) is 51.1 Å². The van der Waals surface area contributed by atoms with Gasteiger partial charge in [0.2, 0.25) is 0 Å². The van der Waals surface area contributed by atoms with Crippen molar-refractivity contribution in [2.24, 2.45) is 0 Å². The molecule has 0 aliphatic heterocycles. The van der Waals surface area contributed by atoms with E-state index in [4.69, 9.17) is 0 Å². The summed E-state index contributed by atoms with van der Waals surface area (Å²) < 4.78 is 39.2. The Morgan fingerprint density at radius 1 is 1.08 bits per heavy atom. The largest absolute Gasteiger partial charge is 0.416 e. The zero-order valence-corrected chi connectivity index (χ0v) is 14.4. The quantitative estimate of drug-likeness (QED) is 0.812. The molecular formula is C19H21F3N2O. The first-order chi connectivity index (χ1) is 11.8. The van der Waals surface area contributed by atoms with Gasteiger partial charge in [-0.3, -0.25) is 4.79 Å². The van der Waals surface area contributed by atoms with E-state index in [-0.39, 0.29) is 5.69 Å². The van der Waals surface area contributed by atoms with Gasteiger partial charge in [-0.1, -0.05) is 17.7 Å². The highest BCUT2D eigenvalue weighted by atomic mass is 19.4.